The fraction of sp³-hybridized carbons (Fsp3) is 0.565. The van der Waals surface area contributed by atoms with Gasteiger partial charge in [0.15, 0.2) is 8.32 Å². The predicted molar refractivity (Wildman–Crippen MR) is 128 cm³/mol. The third-order valence-corrected chi connectivity index (χ3v) is 10.9. The smallest absolute Gasteiger partial charge is 0.340 e. The molecule has 1 aromatic carbocycles. The zero-order valence-electron chi connectivity index (χ0n) is 19.5. The predicted octanol–water partition coefficient (Wildman–Crippen LogP) is 7.11. The van der Waals surface area contributed by atoms with Crippen LogP contribution in [0.15, 0.2) is 18.2 Å². The first-order chi connectivity index (χ1) is 14.2. The molecule has 0 amide bonds. The van der Waals surface area contributed by atoms with Crippen LogP contribution in [0.1, 0.15) is 64.2 Å². The summed E-state index contributed by atoms with van der Waals surface area (Å²) in [5.74, 6) is -1.64. The van der Waals surface area contributed by atoms with E-state index in [-0.39, 0.29) is 15.8 Å². The summed E-state index contributed by atoms with van der Waals surface area (Å²) >= 11 is 6.22. The van der Waals surface area contributed by atoms with Gasteiger partial charge in [-0.2, -0.15) is 0 Å². The van der Waals surface area contributed by atoms with Crippen molar-refractivity contribution < 1.29 is 18.7 Å². The quantitative estimate of drug-likeness (QED) is 0.303. The van der Waals surface area contributed by atoms with E-state index in [9.17, 15) is 14.3 Å². The molecule has 2 rings (SSSR count). The number of nitrogens with zero attached hydrogens (tertiary/aromatic N) is 1. The average molecular weight is 469 g/mol. The molecule has 0 aliphatic rings. The Bertz CT molecular complexity index is 962. The number of carbonyl (C=O) groups is 1. The third kappa shape index (κ3) is 5.96. The number of benzene rings is 1. The first-order valence-electron chi connectivity index (χ1n) is 10.6. The van der Waals surface area contributed by atoms with Crippen molar-refractivity contribution in [2.45, 2.75) is 77.6 Å². The van der Waals surface area contributed by atoms with Crippen molar-refractivity contribution >= 4 is 42.5 Å². The first-order valence-corrected chi connectivity index (χ1v) is 13.9. The monoisotopic (exact) mass is 468 g/mol. The second-order valence-electron chi connectivity index (χ2n) is 9.96. The molecule has 172 valence electrons. The number of aromatic carboxylic acids is 1. The summed E-state index contributed by atoms with van der Waals surface area (Å²) in [6, 6.07) is 4.09. The fourth-order valence-corrected chi connectivity index (χ4v) is 4.51. The highest BCUT2D eigenvalue weighted by Crippen LogP contribution is 2.39. The van der Waals surface area contributed by atoms with Gasteiger partial charge in [-0.3, -0.25) is 0 Å². The van der Waals surface area contributed by atoms with E-state index in [0.717, 1.165) is 19.3 Å². The molecule has 0 spiro atoms. The van der Waals surface area contributed by atoms with Gasteiger partial charge in [-0.15, -0.1) is 0 Å². The van der Waals surface area contributed by atoms with E-state index in [0.29, 0.717) is 23.2 Å². The standard InChI is InChI=1S/C23H34ClFN2O3Si/c1-8-9-12-23(5,14-30-31(6,7)22(2,3)4)27-19-16-11-10-15(25)13-17(16)26-20(24)18(19)21(28)29/h10-11,13H,8-9,12,14H2,1-7H3,(H,26,27)(H,28,29). The molecular formula is C23H34ClFN2O3Si. The molecule has 0 saturated carbocycles. The number of pyridine rings is 1. The van der Waals surface area contributed by atoms with E-state index in [1.165, 1.54) is 18.2 Å². The van der Waals surface area contributed by atoms with Crippen LogP contribution in [0.25, 0.3) is 10.9 Å². The summed E-state index contributed by atoms with van der Waals surface area (Å²) in [7, 11) is -2.02. The summed E-state index contributed by atoms with van der Waals surface area (Å²) in [6.07, 6.45) is 2.71. The van der Waals surface area contributed by atoms with Gasteiger partial charge in [-0.05, 0) is 43.6 Å². The largest absolute Gasteiger partial charge is 0.478 e. The molecule has 0 aliphatic heterocycles. The van der Waals surface area contributed by atoms with Crippen LogP contribution in [0.5, 0.6) is 0 Å². The van der Waals surface area contributed by atoms with Gasteiger partial charge in [0.25, 0.3) is 0 Å². The molecule has 1 heterocycles. The topological polar surface area (TPSA) is 71.5 Å². The summed E-state index contributed by atoms with van der Waals surface area (Å²) < 4.78 is 20.3. The average Bonchev–Trinajstić information content (AvgIpc) is 2.63. The van der Waals surface area contributed by atoms with Gasteiger partial charge in [-0.25, -0.2) is 14.2 Å². The Morgan fingerprint density at radius 3 is 2.48 bits per heavy atom. The molecule has 5 nitrogen and oxygen atoms in total. The van der Waals surface area contributed by atoms with Gasteiger partial charge < -0.3 is 14.8 Å². The van der Waals surface area contributed by atoms with Crippen LogP contribution in [-0.2, 0) is 4.43 Å². The number of halogens is 2. The van der Waals surface area contributed by atoms with E-state index in [1.54, 1.807) is 0 Å². The van der Waals surface area contributed by atoms with E-state index >= 15 is 0 Å². The molecule has 1 aromatic heterocycles. The number of unbranched alkanes of at least 4 members (excludes halogenated alkanes) is 1. The van der Waals surface area contributed by atoms with E-state index in [4.69, 9.17) is 16.0 Å². The van der Waals surface area contributed by atoms with Crippen LogP contribution in [-0.4, -0.2) is 36.5 Å². The highest BCUT2D eigenvalue weighted by atomic mass is 35.5. The molecule has 1 atom stereocenters. The minimum Gasteiger partial charge on any atom is -0.478 e. The summed E-state index contributed by atoms with van der Waals surface area (Å²) in [6.45, 7) is 15.5. The minimum atomic E-state index is -2.02. The van der Waals surface area contributed by atoms with Crippen molar-refractivity contribution in [3.8, 4) is 0 Å². The Hall–Kier alpha value is -1.70. The summed E-state index contributed by atoms with van der Waals surface area (Å²) in [5.41, 5.74) is -0.00160. The van der Waals surface area contributed by atoms with Crippen LogP contribution >= 0.6 is 11.6 Å². The minimum absolute atomic E-state index is 0.0507. The molecule has 8 heteroatoms. The maximum absolute atomic E-state index is 13.8. The molecule has 0 radical (unpaired) electrons. The Morgan fingerprint density at radius 1 is 1.29 bits per heavy atom. The second kappa shape index (κ2) is 9.43. The highest BCUT2D eigenvalue weighted by Gasteiger charge is 2.39. The molecule has 0 fully saturated rings. The number of carboxylic acids is 1. The Balaban J connectivity index is 2.55. The maximum Gasteiger partial charge on any atom is 0.340 e. The Kier molecular flexibility index (Phi) is 7.77. The zero-order chi connectivity index (χ0) is 23.6. The lowest BCUT2D eigenvalue weighted by Gasteiger charge is -2.41. The molecule has 0 saturated heterocycles. The maximum atomic E-state index is 13.8. The lowest BCUT2D eigenvalue weighted by Crippen LogP contribution is -2.48. The van der Waals surface area contributed by atoms with Crippen LogP contribution in [0, 0.1) is 5.82 Å². The normalized spacial score (nSPS) is 14.5. The summed E-state index contributed by atoms with van der Waals surface area (Å²) in [5, 5.41) is 13.7. The van der Waals surface area contributed by atoms with Crippen LogP contribution in [0.2, 0.25) is 23.3 Å². The van der Waals surface area contributed by atoms with Crippen LogP contribution < -0.4 is 5.32 Å². The number of nitrogens with one attached hydrogen (secondary N) is 1. The van der Waals surface area contributed by atoms with Gasteiger partial charge in [0, 0.05) is 11.5 Å². The van der Waals surface area contributed by atoms with E-state index in [1.807, 2.05) is 6.92 Å². The van der Waals surface area contributed by atoms with Gasteiger partial charge >= 0.3 is 5.97 Å². The second-order valence-corrected chi connectivity index (χ2v) is 15.1. The van der Waals surface area contributed by atoms with Gasteiger partial charge in [-0.1, -0.05) is 52.1 Å². The van der Waals surface area contributed by atoms with Gasteiger partial charge in [0.05, 0.1) is 23.3 Å². The molecule has 31 heavy (non-hydrogen) atoms. The van der Waals surface area contributed by atoms with Crippen molar-refractivity contribution in [1.29, 1.82) is 0 Å². The molecular weight excluding hydrogens is 435 g/mol. The fourth-order valence-electron chi connectivity index (χ4n) is 3.13. The zero-order valence-corrected chi connectivity index (χ0v) is 21.3. The lowest BCUT2D eigenvalue weighted by molar-refractivity contribution is 0.0697. The highest BCUT2D eigenvalue weighted by molar-refractivity contribution is 6.74. The number of carboxylic acid groups (broad SMARTS) is 1. The van der Waals surface area contributed by atoms with Gasteiger partial charge in [0.1, 0.15) is 16.5 Å². The third-order valence-electron chi connectivity index (χ3n) is 6.18. The number of aromatic nitrogens is 1. The molecule has 0 bridgehead atoms. The van der Waals surface area contributed by atoms with Crippen molar-refractivity contribution in [2.24, 2.45) is 0 Å². The van der Waals surface area contributed by atoms with Crippen molar-refractivity contribution in [1.82, 2.24) is 4.98 Å². The van der Waals surface area contributed by atoms with E-state index in [2.05, 4.69) is 51.1 Å². The molecule has 0 aliphatic carbocycles. The molecule has 1 unspecified atom stereocenters. The molecule has 2 N–H and O–H groups in total. The number of hydrogen-bond acceptors (Lipinski definition) is 4. The van der Waals surface area contributed by atoms with Crippen molar-refractivity contribution in [2.75, 3.05) is 11.9 Å². The Labute approximate surface area is 190 Å². The summed E-state index contributed by atoms with van der Waals surface area (Å²) in [4.78, 5) is 16.1. The van der Waals surface area contributed by atoms with Crippen molar-refractivity contribution in [3.05, 3.63) is 34.7 Å². The lowest BCUT2D eigenvalue weighted by atomic mass is 9.94. The van der Waals surface area contributed by atoms with Gasteiger partial charge in [0.2, 0.25) is 0 Å². The van der Waals surface area contributed by atoms with E-state index < -0.39 is 25.6 Å². The molecule has 2 aromatic rings. The van der Waals surface area contributed by atoms with Crippen LogP contribution in [0.4, 0.5) is 10.1 Å². The SMILES string of the molecule is CCCCC(C)(CO[Si](C)(C)C(C)(C)C)Nc1c(C(=O)O)c(Cl)nc2cc(F)ccc12. The first kappa shape index (κ1) is 25.6. The Morgan fingerprint density at radius 2 is 1.94 bits per heavy atom. The van der Waals surface area contributed by atoms with Crippen LogP contribution in [0.3, 0.4) is 0 Å². The number of anilines is 1. The number of rotatable bonds is 9. The number of fused-ring (bicyclic) bond motifs is 1. The van der Waals surface area contributed by atoms with Crippen molar-refractivity contribution in [3.63, 3.8) is 0 Å². The number of hydrogen-bond donors (Lipinski definition) is 2.